The first-order valence-electron chi connectivity index (χ1n) is 15.5. The van der Waals surface area contributed by atoms with E-state index in [-0.39, 0.29) is 0 Å². The molecule has 0 bridgehead atoms. The van der Waals surface area contributed by atoms with E-state index in [1.165, 1.54) is 16.3 Å². The van der Waals surface area contributed by atoms with E-state index in [1.54, 1.807) is 0 Å². The molecule has 8 aromatic rings. The standard InChI is InChI=1S/C42H31N2OP/c1-46(2,45)33-15-10-14-32(27-33)35-26-25-34(37-17-8-9-18-38(35)37)29-19-21-30(22-20-29)40-39-24-23-28-11-6-7-16-36(28)41(39)44-42(43-40)31-12-4-3-5-13-31/h3-27H,1-2H3. The van der Waals surface area contributed by atoms with Crippen LogP contribution in [0.1, 0.15) is 0 Å². The van der Waals surface area contributed by atoms with Crippen LogP contribution in [0.2, 0.25) is 0 Å². The summed E-state index contributed by atoms with van der Waals surface area (Å²) in [6.45, 7) is 3.65. The largest absolute Gasteiger partial charge is 0.319 e. The lowest BCUT2D eigenvalue weighted by Crippen LogP contribution is -2.02. The first kappa shape index (κ1) is 28.1. The Labute approximate surface area is 268 Å². The van der Waals surface area contributed by atoms with Gasteiger partial charge in [0, 0.05) is 27.2 Å². The molecule has 0 aliphatic carbocycles. The molecule has 4 heteroatoms. The van der Waals surface area contributed by atoms with E-state index in [0.29, 0.717) is 0 Å². The van der Waals surface area contributed by atoms with Gasteiger partial charge in [-0.2, -0.15) is 0 Å². The van der Waals surface area contributed by atoms with Gasteiger partial charge in [0.15, 0.2) is 5.82 Å². The molecule has 0 radical (unpaired) electrons. The Kier molecular flexibility index (Phi) is 6.86. The van der Waals surface area contributed by atoms with Gasteiger partial charge in [0.25, 0.3) is 0 Å². The summed E-state index contributed by atoms with van der Waals surface area (Å²) in [5, 5.41) is 6.56. The Balaban J connectivity index is 1.25. The highest BCUT2D eigenvalue weighted by Crippen LogP contribution is 2.40. The zero-order valence-electron chi connectivity index (χ0n) is 25.7. The van der Waals surface area contributed by atoms with Crippen molar-refractivity contribution < 1.29 is 4.57 Å². The lowest BCUT2D eigenvalue weighted by atomic mass is 9.91. The molecule has 220 valence electrons. The molecule has 0 fully saturated rings. The van der Waals surface area contributed by atoms with E-state index in [0.717, 1.165) is 66.3 Å². The normalized spacial score (nSPS) is 11.8. The van der Waals surface area contributed by atoms with Crippen LogP contribution in [0.25, 0.3) is 77.3 Å². The number of aromatic nitrogens is 2. The number of hydrogen-bond donors (Lipinski definition) is 0. The van der Waals surface area contributed by atoms with Crippen LogP contribution in [0.15, 0.2) is 152 Å². The zero-order valence-corrected chi connectivity index (χ0v) is 26.6. The molecule has 0 aliphatic rings. The molecule has 1 aromatic heterocycles. The minimum absolute atomic E-state index is 0.719. The number of hydrogen-bond acceptors (Lipinski definition) is 3. The summed E-state index contributed by atoms with van der Waals surface area (Å²) in [7, 11) is -2.37. The fourth-order valence-corrected chi connectivity index (χ4v) is 7.31. The van der Waals surface area contributed by atoms with Crippen LogP contribution in [0.4, 0.5) is 0 Å². The van der Waals surface area contributed by atoms with Crippen LogP contribution < -0.4 is 5.30 Å². The highest BCUT2D eigenvalue weighted by atomic mass is 31.2. The third-order valence-corrected chi connectivity index (χ3v) is 10.3. The maximum Gasteiger partial charge on any atom is 0.160 e. The van der Waals surface area contributed by atoms with E-state index in [1.807, 2.05) is 43.7 Å². The molecule has 0 aliphatic heterocycles. The summed E-state index contributed by atoms with van der Waals surface area (Å²) >= 11 is 0. The molecule has 0 N–H and O–H groups in total. The van der Waals surface area contributed by atoms with E-state index >= 15 is 0 Å². The fraction of sp³-hybridized carbons (Fsp3) is 0.0476. The average molecular weight is 611 g/mol. The van der Waals surface area contributed by atoms with Crippen molar-refractivity contribution in [2.45, 2.75) is 0 Å². The van der Waals surface area contributed by atoms with Gasteiger partial charge in [-0.3, -0.25) is 0 Å². The minimum atomic E-state index is -2.37. The topological polar surface area (TPSA) is 42.9 Å². The molecule has 0 atom stereocenters. The SMILES string of the molecule is CP(C)(=O)c1cccc(-c2ccc(-c3ccc(-c4nc(-c5ccccc5)nc5c4ccc4ccccc45)cc3)c3ccccc23)c1. The Morgan fingerprint density at radius 3 is 1.78 bits per heavy atom. The first-order chi connectivity index (χ1) is 22.4. The van der Waals surface area contributed by atoms with Crippen molar-refractivity contribution in [1.29, 1.82) is 0 Å². The van der Waals surface area contributed by atoms with Crippen LogP contribution in [-0.4, -0.2) is 23.3 Å². The van der Waals surface area contributed by atoms with Crippen LogP contribution in [0.5, 0.6) is 0 Å². The van der Waals surface area contributed by atoms with Gasteiger partial charge in [0.1, 0.15) is 7.14 Å². The van der Waals surface area contributed by atoms with Gasteiger partial charge in [0.05, 0.1) is 11.2 Å². The van der Waals surface area contributed by atoms with Crippen LogP contribution in [0, 0.1) is 0 Å². The van der Waals surface area contributed by atoms with Gasteiger partial charge >= 0.3 is 0 Å². The summed E-state index contributed by atoms with van der Waals surface area (Å²) in [6, 6.07) is 52.7. The van der Waals surface area contributed by atoms with Crippen molar-refractivity contribution in [3.8, 4) is 44.9 Å². The summed E-state index contributed by atoms with van der Waals surface area (Å²) < 4.78 is 12.8. The van der Waals surface area contributed by atoms with Crippen molar-refractivity contribution in [2.75, 3.05) is 13.3 Å². The summed E-state index contributed by atoms with van der Waals surface area (Å²) in [5.74, 6) is 0.719. The van der Waals surface area contributed by atoms with E-state index < -0.39 is 7.14 Å². The molecule has 0 saturated heterocycles. The van der Waals surface area contributed by atoms with Gasteiger partial charge in [0.2, 0.25) is 0 Å². The predicted octanol–water partition coefficient (Wildman–Crippen LogP) is 10.9. The molecule has 0 spiro atoms. The molecular weight excluding hydrogens is 579 g/mol. The van der Waals surface area contributed by atoms with E-state index in [9.17, 15) is 4.57 Å². The first-order valence-corrected chi connectivity index (χ1v) is 18.1. The number of rotatable bonds is 5. The third kappa shape index (κ3) is 5.00. The lowest BCUT2D eigenvalue weighted by Gasteiger charge is -2.15. The van der Waals surface area contributed by atoms with Gasteiger partial charge in [-0.1, -0.05) is 140 Å². The Morgan fingerprint density at radius 2 is 1.07 bits per heavy atom. The second kappa shape index (κ2) is 11.2. The Bertz CT molecular complexity index is 2460. The predicted molar refractivity (Wildman–Crippen MR) is 195 cm³/mol. The van der Waals surface area contributed by atoms with Crippen LogP contribution >= 0.6 is 7.14 Å². The van der Waals surface area contributed by atoms with Gasteiger partial charge in [-0.05, 0) is 63.9 Å². The van der Waals surface area contributed by atoms with Crippen molar-refractivity contribution in [3.63, 3.8) is 0 Å². The van der Waals surface area contributed by atoms with Gasteiger partial charge < -0.3 is 4.57 Å². The average Bonchev–Trinajstić information content (AvgIpc) is 3.11. The summed E-state index contributed by atoms with van der Waals surface area (Å²) in [4.78, 5) is 10.2. The van der Waals surface area contributed by atoms with E-state index in [4.69, 9.17) is 9.97 Å². The maximum absolute atomic E-state index is 12.8. The number of benzene rings is 7. The fourth-order valence-electron chi connectivity index (χ4n) is 6.42. The molecule has 3 nitrogen and oxygen atoms in total. The minimum Gasteiger partial charge on any atom is -0.319 e. The molecule has 46 heavy (non-hydrogen) atoms. The highest BCUT2D eigenvalue weighted by molar-refractivity contribution is 7.70. The van der Waals surface area contributed by atoms with Crippen LogP contribution in [0.3, 0.4) is 0 Å². The van der Waals surface area contributed by atoms with Crippen molar-refractivity contribution in [1.82, 2.24) is 9.97 Å². The third-order valence-electron chi connectivity index (χ3n) is 8.80. The number of nitrogens with zero attached hydrogens (tertiary/aromatic N) is 2. The molecule has 7 aromatic carbocycles. The zero-order chi connectivity index (χ0) is 31.3. The Hall–Kier alpha value is -5.37. The smallest absolute Gasteiger partial charge is 0.160 e. The van der Waals surface area contributed by atoms with E-state index in [2.05, 4.69) is 121 Å². The molecule has 8 rings (SSSR count). The van der Waals surface area contributed by atoms with Gasteiger partial charge in [-0.15, -0.1) is 0 Å². The van der Waals surface area contributed by atoms with Crippen molar-refractivity contribution >= 4 is 44.9 Å². The second-order valence-corrected chi connectivity index (χ2v) is 15.3. The molecule has 1 heterocycles. The van der Waals surface area contributed by atoms with Crippen molar-refractivity contribution in [3.05, 3.63) is 152 Å². The molecule has 0 unspecified atom stereocenters. The monoisotopic (exact) mass is 610 g/mol. The Morgan fingerprint density at radius 1 is 0.457 bits per heavy atom. The number of fused-ring (bicyclic) bond motifs is 4. The summed E-state index contributed by atoms with van der Waals surface area (Å²) in [5.41, 5.74) is 8.44. The van der Waals surface area contributed by atoms with Crippen LogP contribution in [-0.2, 0) is 4.57 Å². The molecule has 0 amide bonds. The maximum atomic E-state index is 12.8. The molecular formula is C42H31N2OP. The molecule has 0 saturated carbocycles. The lowest BCUT2D eigenvalue weighted by molar-refractivity contribution is 0.588. The summed E-state index contributed by atoms with van der Waals surface area (Å²) in [6.07, 6.45) is 0. The highest BCUT2D eigenvalue weighted by Gasteiger charge is 2.16. The van der Waals surface area contributed by atoms with Crippen molar-refractivity contribution in [2.24, 2.45) is 0 Å². The quantitative estimate of drug-likeness (QED) is 0.144. The van der Waals surface area contributed by atoms with Gasteiger partial charge in [-0.25, -0.2) is 9.97 Å². The second-order valence-electron chi connectivity index (χ2n) is 12.1.